The van der Waals surface area contributed by atoms with Crippen molar-refractivity contribution < 1.29 is 14.5 Å². The molecule has 1 amide bonds. The van der Waals surface area contributed by atoms with Crippen molar-refractivity contribution in [2.24, 2.45) is 11.8 Å². The van der Waals surface area contributed by atoms with E-state index >= 15 is 0 Å². The lowest BCUT2D eigenvalue weighted by Gasteiger charge is -2.20. The van der Waals surface area contributed by atoms with Gasteiger partial charge < -0.3 is 4.74 Å². The van der Waals surface area contributed by atoms with Crippen LogP contribution in [0.5, 0.6) is 5.75 Å². The maximum Gasteiger partial charge on any atom is 0.313 e. The summed E-state index contributed by atoms with van der Waals surface area (Å²) < 4.78 is 5.47. The van der Waals surface area contributed by atoms with E-state index in [0.29, 0.717) is 5.56 Å². The van der Waals surface area contributed by atoms with E-state index in [9.17, 15) is 14.9 Å². The largest absolute Gasteiger partial charge is 0.473 e. The summed E-state index contributed by atoms with van der Waals surface area (Å²) in [7, 11) is 0. The summed E-state index contributed by atoms with van der Waals surface area (Å²) in [6.45, 7) is 5.14. The maximum absolute atomic E-state index is 11.6. The number of hydrogen-bond donors (Lipinski definition) is 2. The predicted molar refractivity (Wildman–Crippen MR) is 69.4 cm³/mol. The highest BCUT2D eigenvalue weighted by molar-refractivity contribution is 5.81. The predicted octanol–water partition coefficient (Wildman–Crippen LogP) is 1.30. The monoisotopic (exact) mass is 267 g/mol. The van der Waals surface area contributed by atoms with E-state index in [1.807, 2.05) is 5.43 Å². The molecule has 0 saturated carbocycles. The van der Waals surface area contributed by atoms with Gasteiger partial charge in [-0.15, -0.1) is 0 Å². The molecule has 19 heavy (non-hydrogen) atoms. The van der Waals surface area contributed by atoms with Crippen molar-refractivity contribution in [1.82, 2.24) is 5.43 Å². The Kier molecular flexibility index (Phi) is 4.82. The molecule has 0 radical (unpaired) electrons. The van der Waals surface area contributed by atoms with Crippen LogP contribution in [0.2, 0.25) is 0 Å². The number of amides is 1. The van der Waals surface area contributed by atoms with Crippen molar-refractivity contribution in [3.05, 3.63) is 33.9 Å². The third-order valence-corrected chi connectivity index (χ3v) is 2.64. The zero-order valence-corrected chi connectivity index (χ0v) is 11.0. The molecule has 0 aliphatic rings. The Morgan fingerprint density at radius 3 is 2.58 bits per heavy atom. The lowest BCUT2D eigenvalue weighted by Crippen LogP contribution is -2.44. The average molecular weight is 267 g/mol. The molecule has 1 rings (SSSR count). The first-order valence-electron chi connectivity index (χ1n) is 5.79. The minimum Gasteiger partial charge on any atom is -0.473 e. The van der Waals surface area contributed by atoms with Gasteiger partial charge in [0.05, 0.1) is 4.92 Å². The van der Waals surface area contributed by atoms with Gasteiger partial charge in [-0.2, -0.15) is 0 Å². The number of carbonyl (C=O) groups excluding carboxylic acids is 1. The summed E-state index contributed by atoms with van der Waals surface area (Å²) in [4.78, 5) is 22.1. The number of carbonyl (C=O) groups is 1. The van der Waals surface area contributed by atoms with Crippen molar-refractivity contribution in [1.29, 1.82) is 0 Å². The van der Waals surface area contributed by atoms with Crippen molar-refractivity contribution in [2.45, 2.75) is 26.9 Å². The first-order valence-corrected chi connectivity index (χ1v) is 5.79. The molecule has 0 aliphatic carbocycles. The average Bonchev–Trinajstić information content (AvgIpc) is 2.34. The number of nitro groups is 1. The van der Waals surface area contributed by atoms with Gasteiger partial charge in [-0.1, -0.05) is 26.0 Å². The number of nitrogens with two attached hydrogens (primary N) is 1. The number of ether oxygens (including phenoxy) is 1. The molecule has 0 saturated heterocycles. The minimum absolute atomic E-state index is 0.0623. The highest BCUT2D eigenvalue weighted by Gasteiger charge is 2.27. The summed E-state index contributed by atoms with van der Waals surface area (Å²) in [6, 6.07) is 4.71. The van der Waals surface area contributed by atoms with E-state index in [1.165, 1.54) is 6.07 Å². The first kappa shape index (κ1) is 14.9. The molecule has 1 aromatic rings. The summed E-state index contributed by atoms with van der Waals surface area (Å²) in [5.41, 5.74) is 2.33. The molecule has 7 heteroatoms. The number of rotatable bonds is 5. The second kappa shape index (κ2) is 6.14. The second-order valence-corrected chi connectivity index (χ2v) is 4.47. The fraction of sp³-hybridized carbons (Fsp3) is 0.417. The zero-order valence-electron chi connectivity index (χ0n) is 11.0. The second-order valence-electron chi connectivity index (χ2n) is 4.47. The Balaban J connectivity index is 3.13. The Morgan fingerprint density at radius 2 is 2.11 bits per heavy atom. The summed E-state index contributed by atoms with van der Waals surface area (Å²) in [5, 5.41) is 11.0. The Hall–Kier alpha value is -2.15. The molecule has 0 fully saturated rings. The zero-order chi connectivity index (χ0) is 14.6. The first-order chi connectivity index (χ1) is 8.88. The van der Waals surface area contributed by atoms with Gasteiger partial charge in [-0.05, 0) is 18.9 Å². The third kappa shape index (κ3) is 3.41. The van der Waals surface area contributed by atoms with Crippen LogP contribution in [-0.4, -0.2) is 16.9 Å². The quantitative estimate of drug-likeness (QED) is 0.362. The lowest BCUT2D eigenvalue weighted by molar-refractivity contribution is -0.386. The highest BCUT2D eigenvalue weighted by atomic mass is 16.6. The summed E-state index contributed by atoms with van der Waals surface area (Å²) in [5.74, 6) is 4.44. The van der Waals surface area contributed by atoms with Gasteiger partial charge in [0, 0.05) is 5.56 Å². The number of aryl methyl sites for hydroxylation is 1. The molecule has 0 aromatic heterocycles. The van der Waals surface area contributed by atoms with Crippen LogP contribution in [0.15, 0.2) is 18.2 Å². The standard InChI is InChI=1S/C12H17N3O4/c1-7(2)11(12(16)14-13)19-9-6-4-5-8(3)10(9)15(17)18/h4-7,11H,13H2,1-3H3,(H,14,16). The smallest absolute Gasteiger partial charge is 0.313 e. The van der Waals surface area contributed by atoms with E-state index in [0.717, 1.165) is 0 Å². The van der Waals surface area contributed by atoms with E-state index in [-0.39, 0.29) is 17.4 Å². The van der Waals surface area contributed by atoms with Gasteiger partial charge in [-0.25, -0.2) is 5.84 Å². The topological polar surface area (TPSA) is 107 Å². The van der Waals surface area contributed by atoms with Crippen molar-refractivity contribution in [3.8, 4) is 5.75 Å². The molecular formula is C12H17N3O4. The van der Waals surface area contributed by atoms with Crippen LogP contribution in [0.4, 0.5) is 5.69 Å². The van der Waals surface area contributed by atoms with Crippen LogP contribution in [-0.2, 0) is 4.79 Å². The Labute approximate surface area is 110 Å². The molecule has 1 aromatic carbocycles. The number of hydrazine groups is 1. The molecule has 104 valence electrons. The van der Waals surface area contributed by atoms with Crippen LogP contribution in [0.1, 0.15) is 19.4 Å². The Bertz CT molecular complexity index is 488. The van der Waals surface area contributed by atoms with Crippen LogP contribution in [0, 0.1) is 23.0 Å². The van der Waals surface area contributed by atoms with Crippen LogP contribution < -0.4 is 16.0 Å². The van der Waals surface area contributed by atoms with Gasteiger partial charge in [0.15, 0.2) is 11.9 Å². The molecule has 0 aliphatic heterocycles. The molecule has 1 unspecified atom stereocenters. The number of para-hydroxylation sites is 1. The summed E-state index contributed by atoms with van der Waals surface area (Å²) >= 11 is 0. The molecule has 1 atom stereocenters. The van der Waals surface area contributed by atoms with Gasteiger partial charge >= 0.3 is 5.69 Å². The van der Waals surface area contributed by atoms with E-state index < -0.39 is 16.9 Å². The van der Waals surface area contributed by atoms with Crippen LogP contribution in [0.3, 0.4) is 0 Å². The minimum atomic E-state index is -0.884. The SMILES string of the molecule is Cc1cccc(OC(C(=O)NN)C(C)C)c1[N+](=O)[O-]. The number of hydrogen-bond acceptors (Lipinski definition) is 5. The lowest BCUT2D eigenvalue weighted by atomic mass is 10.1. The van der Waals surface area contributed by atoms with Crippen molar-refractivity contribution >= 4 is 11.6 Å². The highest BCUT2D eigenvalue weighted by Crippen LogP contribution is 2.31. The molecule has 7 nitrogen and oxygen atoms in total. The number of nitrogens with zero attached hydrogens (tertiary/aromatic N) is 1. The fourth-order valence-corrected chi connectivity index (χ4v) is 1.67. The molecule has 0 bridgehead atoms. The van der Waals surface area contributed by atoms with Gasteiger partial charge in [0.25, 0.3) is 5.91 Å². The van der Waals surface area contributed by atoms with Crippen LogP contribution >= 0.6 is 0 Å². The van der Waals surface area contributed by atoms with Gasteiger partial charge in [-0.3, -0.25) is 20.3 Å². The van der Waals surface area contributed by atoms with Gasteiger partial charge in [0.2, 0.25) is 0 Å². The molecule has 0 heterocycles. The molecular weight excluding hydrogens is 250 g/mol. The number of benzene rings is 1. The van der Waals surface area contributed by atoms with E-state index in [1.54, 1.807) is 32.9 Å². The molecule has 0 spiro atoms. The number of nitro benzene ring substituents is 1. The van der Waals surface area contributed by atoms with E-state index in [2.05, 4.69) is 0 Å². The number of nitrogens with one attached hydrogen (secondary N) is 1. The van der Waals surface area contributed by atoms with Crippen molar-refractivity contribution in [2.75, 3.05) is 0 Å². The normalized spacial score (nSPS) is 12.1. The fourth-order valence-electron chi connectivity index (χ4n) is 1.67. The van der Waals surface area contributed by atoms with Gasteiger partial charge in [0.1, 0.15) is 0 Å². The van der Waals surface area contributed by atoms with Crippen LogP contribution in [0.25, 0.3) is 0 Å². The van der Waals surface area contributed by atoms with Crippen molar-refractivity contribution in [3.63, 3.8) is 0 Å². The maximum atomic E-state index is 11.6. The Morgan fingerprint density at radius 1 is 1.47 bits per heavy atom. The van der Waals surface area contributed by atoms with E-state index in [4.69, 9.17) is 10.6 Å². The third-order valence-electron chi connectivity index (χ3n) is 2.64. The summed E-state index contributed by atoms with van der Waals surface area (Å²) in [6.07, 6.45) is -0.884. The molecule has 3 N–H and O–H groups in total.